The van der Waals surface area contributed by atoms with Crippen molar-refractivity contribution in [1.82, 2.24) is 5.32 Å². The molecule has 1 amide bonds. The number of sulfonamides is 1. The van der Waals surface area contributed by atoms with Crippen LogP contribution >= 0.6 is 0 Å². The molecule has 1 N–H and O–H groups in total. The molecule has 2 aromatic carbocycles. The van der Waals surface area contributed by atoms with E-state index in [2.05, 4.69) is 5.32 Å². The molecule has 0 saturated carbocycles. The fourth-order valence-corrected chi connectivity index (χ4v) is 4.32. The second-order valence-corrected chi connectivity index (χ2v) is 8.73. The largest absolute Gasteiger partial charge is 0.352 e. The van der Waals surface area contributed by atoms with Gasteiger partial charge in [-0.2, -0.15) is 0 Å². The second-order valence-electron chi connectivity index (χ2n) is 6.87. The lowest BCUT2D eigenvalue weighted by atomic mass is 10.1. The average molecular weight is 407 g/mol. The molecule has 28 heavy (non-hydrogen) atoms. The zero-order chi connectivity index (χ0) is 20.7. The van der Waals surface area contributed by atoms with Crippen molar-refractivity contribution in [2.75, 3.05) is 10.6 Å². The summed E-state index contributed by atoms with van der Waals surface area (Å²) in [5.41, 5.74) is 1.05. The third kappa shape index (κ3) is 5.79. The molecule has 0 aliphatic rings. The van der Waals surface area contributed by atoms with Gasteiger partial charge in [0.05, 0.1) is 11.9 Å². The van der Waals surface area contributed by atoms with Crippen LogP contribution in [0.1, 0.15) is 32.3 Å². The molecule has 2 atom stereocenters. The molecule has 5 nitrogen and oxygen atoms in total. The highest BCUT2D eigenvalue weighted by molar-refractivity contribution is 7.92. The molecule has 0 radical (unpaired) electrons. The minimum atomic E-state index is -3.86. The van der Waals surface area contributed by atoms with E-state index in [1.54, 1.807) is 13.0 Å². The van der Waals surface area contributed by atoms with Crippen LogP contribution in [0.4, 0.5) is 10.1 Å². The van der Waals surface area contributed by atoms with E-state index in [1.807, 2.05) is 37.3 Å². The minimum Gasteiger partial charge on any atom is -0.352 e. The lowest BCUT2D eigenvalue weighted by molar-refractivity contribution is -0.122. The summed E-state index contributed by atoms with van der Waals surface area (Å²) in [6, 6.07) is 14.3. The van der Waals surface area contributed by atoms with Crippen molar-refractivity contribution in [1.29, 1.82) is 0 Å². The first-order valence-corrected chi connectivity index (χ1v) is 11.2. The van der Waals surface area contributed by atoms with Crippen LogP contribution in [-0.4, -0.2) is 32.7 Å². The molecule has 0 aromatic heterocycles. The summed E-state index contributed by atoms with van der Waals surface area (Å²) in [5.74, 6) is -1.12. The van der Waals surface area contributed by atoms with E-state index in [-0.39, 0.29) is 18.2 Å². The van der Waals surface area contributed by atoms with Crippen LogP contribution in [0.25, 0.3) is 0 Å². The molecule has 0 heterocycles. The van der Waals surface area contributed by atoms with Gasteiger partial charge in [0.25, 0.3) is 0 Å². The van der Waals surface area contributed by atoms with Gasteiger partial charge in [-0.15, -0.1) is 0 Å². The average Bonchev–Trinajstić information content (AvgIpc) is 2.65. The Morgan fingerprint density at radius 1 is 1.11 bits per heavy atom. The fourth-order valence-electron chi connectivity index (χ4n) is 3.10. The zero-order valence-corrected chi connectivity index (χ0v) is 17.2. The summed E-state index contributed by atoms with van der Waals surface area (Å²) in [6.07, 6.45) is 2.71. The highest BCUT2D eigenvalue weighted by atomic mass is 32.2. The summed E-state index contributed by atoms with van der Waals surface area (Å²) in [7, 11) is -3.86. The van der Waals surface area contributed by atoms with Crippen molar-refractivity contribution in [2.45, 2.75) is 45.2 Å². The number of nitrogens with zero attached hydrogens (tertiary/aromatic N) is 1. The van der Waals surface area contributed by atoms with Gasteiger partial charge >= 0.3 is 0 Å². The molecule has 0 saturated heterocycles. The Labute approximate surface area is 166 Å². The molecular formula is C21H27FN2O3S. The predicted molar refractivity (Wildman–Crippen MR) is 110 cm³/mol. The number of anilines is 1. The number of nitrogens with one attached hydrogen (secondary N) is 1. The monoisotopic (exact) mass is 406 g/mol. The molecular weight excluding hydrogens is 379 g/mol. The Kier molecular flexibility index (Phi) is 7.57. The Balaban J connectivity index is 2.14. The molecule has 0 aliphatic carbocycles. The van der Waals surface area contributed by atoms with Gasteiger partial charge in [-0.3, -0.25) is 9.10 Å². The summed E-state index contributed by atoms with van der Waals surface area (Å²) in [4.78, 5) is 12.8. The van der Waals surface area contributed by atoms with Crippen LogP contribution < -0.4 is 9.62 Å². The van der Waals surface area contributed by atoms with Gasteiger partial charge in [0, 0.05) is 6.04 Å². The Bertz CT molecular complexity index is 888. The van der Waals surface area contributed by atoms with Crippen molar-refractivity contribution in [3.05, 3.63) is 66.0 Å². The number of benzene rings is 2. The normalized spacial score (nSPS) is 13.6. The van der Waals surface area contributed by atoms with Gasteiger partial charge < -0.3 is 5.32 Å². The number of carbonyl (C=O) groups is 1. The molecule has 0 spiro atoms. The standard InChI is InChI=1S/C21H27FN2O3S/c1-4-19(24(28(3,26)27)20-13-9-8-12-18(20)22)21(25)23-16(2)14-15-17-10-6-5-7-11-17/h5-13,16,19H,4,14-15H2,1-3H3,(H,23,25)/t16-,19+/m0/s1. The predicted octanol–water partition coefficient (Wildman–Crippen LogP) is 3.51. The van der Waals surface area contributed by atoms with Crippen molar-refractivity contribution >= 4 is 21.6 Å². The first kappa shape index (κ1) is 21.9. The molecule has 2 aromatic rings. The van der Waals surface area contributed by atoms with Crippen LogP contribution in [0.15, 0.2) is 54.6 Å². The maximum Gasteiger partial charge on any atom is 0.244 e. The summed E-state index contributed by atoms with van der Waals surface area (Å²) in [6.45, 7) is 3.58. The smallest absolute Gasteiger partial charge is 0.244 e. The number of aryl methyl sites for hydroxylation is 1. The van der Waals surface area contributed by atoms with E-state index in [0.717, 1.165) is 17.0 Å². The quantitative estimate of drug-likeness (QED) is 0.693. The molecule has 0 bridgehead atoms. The summed E-state index contributed by atoms with van der Waals surface area (Å²) >= 11 is 0. The second kappa shape index (κ2) is 9.68. The number of carbonyl (C=O) groups excluding carboxylic acids is 1. The van der Waals surface area contributed by atoms with E-state index in [9.17, 15) is 17.6 Å². The Morgan fingerprint density at radius 2 is 1.71 bits per heavy atom. The third-order valence-corrected chi connectivity index (χ3v) is 5.68. The molecule has 0 aliphatic heterocycles. The number of para-hydroxylation sites is 1. The minimum absolute atomic E-state index is 0.121. The number of hydrogen-bond acceptors (Lipinski definition) is 3. The zero-order valence-electron chi connectivity index (χ0n) is 16.4. The van der Waals surface area contributed by atoms with Gasteiger partial charge in [0.15, 0.2) is 0 Å². The lowest BCUT2D eigenvalue weighted by Gasteiger charge is -2.31. The number of hydrogen-bond donors (Lipinski definition) is 1. The Morgan fingerprint density at radius 3 is 2.29 bits per heavy atom. The SMILES string of the molecule is CC[C@H](C(=O)N[C@@H](C)CCc1ccccc1)N(c1ccccc1F)S(C)(=O)=O. The van der Waals surface area contributed by atoms with Crippen LogP contribution in [0, 0.1) is 5.82 Å². The molecule has 2 rings (SSSR count). The van der Waals surface area contributed by atoms with Crippen LogP contribution in [-0.2, 0) is 21.2 Å². The van der Waals surface area contributed by atoms with E-state index < -0.39 is 27.8 Å². The van der Waals surface area contributed by atoms with Gasteiger partial charge in [-0.05, 0) is 43.9 Å². The van der Waals surface area contributed by atoms with Gasteiger partial charge in [-0.1, -0.05) is 49.4 Å². The molecule has 152 valence electrons. The molecule has 0 fully saturated rings. The lowest BCUT2D eigenvalue weighted by Crippen LogP contribution is -2.51. The van der Waals surface area contributed by atoms with Gasteiger partial charge in [0.1, 0.15) is 11.9 Å². The van der Waals surface area contributed by atoms with Crippen molar-refractivity contribution in [3.8, 4) is 0 Å². The summed E-state index contributed by atoms with van der Waals surface area (Å²) < 4.78 is 39.9. The van der Waals surface area contributed by atoms with Crippen molar-refractivity contribution < 1.29 is 17.6 Å². The number of halogens is 1. The van der Waals surface area contributed by atoms with Crippen LogP contribution in [0.2, 0.25) is 0 Å². The van der Waals surface area contributed by atoms with Gasteiger partial charge in [-0.25, -0.2) is 12.8 Å². The van der Waals surface area contributed by atoms with E-state index in [4.69, 9.17) is 0 Å². The highest BCUT2D eigenvalue weighted by Gasteiger charge is 2.33. The fraction of sp³-hybridized carbons (Fsp3) is 0.381. The van der Waals surface area contributed by atoms with Crippen molar-refractivity contribution in [3.63, 3.8) is 0 Å². The van der Waals surface area contributed by atoms with Crippen molar-refractivity contribution in [2.24, 2.45) is 0 Å². The first-order chi connectivity index (χ1) is 13.2. The van der Waals surface area contributed by atoms with Gasteiger partial charge in [0.2, 0.25) is 15.9 Å². The number of rotatable bonds is 9. The third-order valence-electron chi connectivity index (χ3n) is 4.52. The van der Waals surface area contributed by atoms with Crippen LogP contribution in [0.5, 0.6) is 0 Å². The molecule has 7 heteroatoms. The maximum atomic E-state index is 14.3. The highest BCUT2D eigenvalue weighted by Crippen LogP contribution is 2.25. The first-order valence-electron chi connectivity index (χ1n) is 9.32. The number of amides is 1. The molecule has 0 unspecified atom stereocenters. The Hall–Kier alpha value is -2.41. The van der Waals surface area contributed by atoms with E-state index >= 15 is 0 Å². The van der Waals surface area contributed by atoms with Crippen LogP contribution in [0.3, 0.4) is 0 Å². The van der Waals surface area contributed by atoms with E-state index in [0.29, 0.717) is 6.42 Å². The maximum absolute atomic E-state index is 14.3. The topological polar surface area (TPSA) is 66.5 Å². The summed E-state index contributed by atoms with van der Waals surface area (Å²) in [5, 5.41) is 2.88. The van der Waals surface area contributed by atoms with E-state index in [1.165, 1.54) is 23.8 Å².